The Balaban J connectivity index is 2.28. The highest BCUT2D eigenvalue weighted by Gasteiger charge is 2.14. The first-order valence-corrected chi connectivity index (χ1v) is 11.4. The first kappa shape index (κ1) is 23.0. The van der Waals surface area contributed by atoms with Crippen molar-refractivity contribution in [1.29, 1.82) is 0 Å². The standard InChI is InChI=1S/C19H31Cl2O3P/c1-2-3-4-5-6-7-8-9-18-10-12-19(13-11-18)24-25(22-16-14-20)23-17-15-21/h10-13H,2-9,14-17H2,1H3. The Labute approximate surface area is 164 Å². The molecule has 0 aliphatic rings. The van der Waals surface area contributed by atoms with Crippen LogP contribution in [0.1, 0.15) is 57.4 Å². The molecule has 0 aliphatic heterocycles. The van der Waals surface area contributed by atoms with Crippen molar-refractivity contribution in [3.63, 3.8) is 0 Å². The van der Waals surface area contributed by atoms with Crippen LogP contribution in [0.5, 0.6) is 5.75 Å². The van der Waals surface area contributed by atoms with Gasteiger partial charge in [-0.1, -0.05) is 57.6 Å². The van der Waals surface area contributed by atoms with Crippen molar-refractivity contribution in [1.82, 2.24) is 0 Å². The van der Waals surface area contributed by atoms with E-state index < -0.39 is 8.60 Å². The van der Waals surface area contributed by atoms with Crippen LogP contribution in [0.3, 0.4) is 0 Å². The van der Waals surface area contributed by atoms with Crippen LogP contribution in [0.25, 0.3) is 0 Å². The lowest BCUT2D eigenvalue weighted by Gasteiger charge is -2.16. The third-order valence-corrected chi connectivity index (χ3v) is 5.18. The lowest BCUT2D eigenvalue weighted by molar-refractivity contribution is 0.223. The molecule has 6 heteroatoms. The fourth-order valence-corrected chi connectivity index (χ4v) is 3.72. The molecule has 0 unspecified atom stereocenters. The molecule has 25 heavy (non-hydrogen) atoms. The Hall–Kier alpha value is -0.0500. The van der Waals surface area contributed by atoms with Crippen LogP contribution in [0.2, 0.25) is 0 Å². The molecule has 0 N–H and O–H groups in total. The van der Waals surface area contributed by atoms with Gasteiger partial charge in [-0.2, -0.15) is 0 Å². The Morgan fingerprint density at radius 3 is 1.92 bits per heavy atom. The summed E-state index contributed by atoms with van der Waals surface area (Å²) in [7, 11) is -1.45. The molecule has 0 bridgehead atoms. The van der Waals surface area contributed by atoms with Gasteiger partial charge in [-0.25, -0.2) is 0 Å². The van der Waals surface area contributed by atoms with Crippen LogP contribution in [0.4, 0.5) is 0 Å². The second kappa shape index (κ2) is 16.1. The molecule has 1 aromatic carbocycles. The molecule has 0 aliphatic carbocycles. The molecule has 1 aromatic rings. The minimum absolute atomic E-state index is 0.395. The highest BCUT2D eigenvalue weighted by Crippen LogP contribution is 2.40. The van der Waals surface area contributed by atoms with Crippen LogP contribution in [0.15, 0.2) is 24.3 Å². The second-order valence-electron chi connectivity index (χ2n) is 5.87. The molecule has 0 spiro atoms. The molecular formula is C19H31Cl2O3P. The Bertz CT molecular complexity index is 410. The van der Waals surface area contributed by atoms with E-state index in [0.717, 1.165) is 12.2 Å². The Morgan fingerprint density at radius 1 is 0.800 bits per heavy atom. The zero-order valence-corrected chi connectivity index (χ0v) is 17.6. The van der Waals surface area contributed by atoms with Gasteiger partial charge in [-0.05, 0) is 30.5 Å². The summed E-state index contributed by atoms with van der Waals surface area (Å²) in [5, 5.41) is 0. The average Bonchev–Trinajstić information content (AvgIpc) is 2.64. The smallest absolute Gasteiger partial charge is 0.397 e. The average molecular weight is 409 g/mol. The number of halogens is 2. The normalized spacial score (nSPS) is 11.2. The van der Waals surface area contributed by atoms with Crippen LogP contribution < -0.4 is 4.52 Å². The molecule has 0 radical (unpaired) electrons. The van der Waals surface area contributed by atoms with E-state index in [1.165, 1.54) is 50.5 Å². The number of benzene rings is 1. The van der Waals surface area contributed by atoms with Crippen molar-refractivity contribution in [2.45, 2.75) is 58.3 Å². The molecule has 1 rings (SSSR count). The first-order valence-electron chi connectivity index (χ1n) is 9.25. The molecule has 0 amide bonds. The number of unbranched alkanes of at least 4 members (excludes halogenated alkanes) is 6. The summed E-state index contributed by atoms with van der Waals surface area (Å²) in [6, 6.07) is 8.17. The molecule has 0 aromatic heterocycles. The fraction of sp³-hybridized carbons (Fsp3) is 0.684. The van der Waals surface area contributed by atoms with Crippen LogP contribution in [0, 0.1) is 0 Å². The number of alkyl halides is 2. The zero-order valence-electron chi connectivity index (χ0n) is 15.2. The summed E-state index contributed by atoms with van der Waals surface area (Å²) in [6.07, 6.45) is 10.5. The third-order valence-electron chi connectivity index (χ3n) is 3.72. The summed E-state index contributed by atoms with van der Waals surface area (Å²) in [5.41, 5.74) is 1.34. The summed E-state index contributed by atoms with van der Waals surface area (Å²) in [4.78, 5) is 0. The van der Waals surface area contributed by atoms with Gasteiger partial charge in [0.2, 0.25) is 0 Å². The Morgan fingerprint density at radius 2 is 1.36 bits per heavy atom. The molecule has 3 nitrogen and oxygen atoms in total. The van der Waals surface area contributed by atoms with E-state index in [4.69, 9.17) is 36.8 Å². The van der Waals surface area contributed by atoms with Crippen molar-refractivity contribution >= 4 is 31.8 Å². The van der Waals surface area contributed by atoms with Crippen molar-refractivity contribution < 1.29 is 13.6 Å². The van der Waals surface area contributed by atoms with E-state index in [-0.39, 0.29) is 0 Å². The SMILES string of the molecule is CCCCCCCCCc1ccc(OP(OCCCl)OCCCl)cc1. The first-order chi connectivity index (χ1) is 12.3. The quantitative estimate of drug-likeness (QED) is 0.166. The number of hydrogen-bond donors (Lipinski definition) is 0. The number of hydrogen-bond acceptors (Lipinski definition) is 3. The maximum absolute atomic E-state index is 5.76. The largest absolute Gasteiger partial charge is 0.427 e. The van der Waals surface area contributed by atoms with Gasteiger partial charge in [0.1, 0.15) is 5.75 Å². The van der Waals surface area contributed by atoms with Gasteiger partial charge in [0.05, 0.1) is 13.2 Å². The van der Waals surface area contributed by atoms with Crippen molar-refractivity contribution in [3.8, 4) is 5.75 Å². The molecule has 0 heterocycles. The molecule has 144 valence electrons. The minimum Gasteiger partial charge on any atom is -0.427 e. The molecule has 0 saturated heterocycles. The van der Waals surface area contributed by atoms with E-state index in [0.29, 0.717) is 25.0 Å². The van der Waals surface area contributed by atoms with Gasteiger partial charge < -0.3 is 13.6 Å². The maximum Gasteiger partial charge on any atom is 0.397 e. The van der Waals surface area contributed by atoms with Gasteiger partial charge in [-0.3, -0.25) is 0 Å². The van der Waals surface area contributed by atoms with Crippen molar-refractivity contribution in [3.05, 3.63) is 29.8 Å². The van der Waals surface area contributed by atoms with Crippen LogP contribution >= 0.6 is 31.8 Å². The van der Waals surface area contributed by atoms with Gasteiger partial charge >= 0.3 is 8.60 Å². The summed E-state index contributed by atoms with van der Waals surface area (Å²) in [5.74, 6) is 1.56. The van der Waals surface area contributed by atoms with E-state index >= 15 is 0 Å². The highest BCUT2D eigenvalue weighted by molar-refractivity contribution is 7.42. The second-order valence-corrected chi connectivity index (χ2v) is 7.78. The third kappa shape index (κ3) is 12.0. The van der Waals surface area contributed by atoms with Crippen LogP contribution in [-0.2, 0) is 15.5 Å². The summed E-state index contributed by atoms with van der Waals surface area (Å²) in [6.45, 7) is 3.04. The predicted molar refractivity (Wildman–Crippen MR) is 109 cm³/mol. The topological polar surface area (TPSA) is 27.7 Å². The zero-order chi connectivity index (χ0) is 18.2. The van der Waals surface area contributed by atoms with Gasteiger partial charge in [-0.15, -0.1) is 23.2 Å². The van der Waals surface area contributed by atoms with E-state index in [1.807, 2.05) is 12.1 Å². The maximum atomic E-state index is 5.76. The molecule has 0 atom stereocenters. The minimum atomic E-state index is -1.45. The Kier molecular flexibility index (Phi) is 14.8. The molecule has 0 fully saturated rings. The summed E-state index contributed by atoms with van der Waals surface area (Å²) < 4.78 is 16.7. The van der Waals surface area contributed by atoms with Gasteiger partial charge in [0, 0.05) is 11.8 Å². The molecular weight excluding hydrogens is 378 g/mol. The van der Waals surface area contributed by atoms with Crippen molar-refractivity contribution in [2.75, 3.05) is 25.0 Å². The monoisotopic (exact) mass is 408 g/mol. The predicted octanol–water partition coefficient (Wildman–Crippen LogP) is 7.10. The van der Waals surface area contributed by atoms with Crippen LogP contribution in [-0.4, -0.2) is 25.0 Å². The van der Waals surface area contributed by atoms with Gasteiger partial charge in [0.25, 0.3) is 0 Å². The molecule has 0 saturated carbocycles. The van der Waals surface area contributed by atoms with E-state index in [2.05, 4.69) is 19.1 Å². The summed E-state index contributed by atoms with van der Waals surface area (Å²) >= 11 is 11.3. The van der Waals surface area contributed by atoms with E-state index in [1.54, 1.807) is 0 Å². The van der Waals surface area contributed by atoms with E-state index in [9.17, 15) is 0 Å². The fourth-order valence-electron chi connectivity index (χ4n) is 2.40. The van der Waals surface area contributed by atoms with Gasteiger partial charge in [0.15, 0.2) is 0 Å². The lowest BCUT2D eigenvalue weighted by Crippen LogP contribution is -2.01. The number of rotatable bonds is 16. The highest BCUT2D eigenvalue weighted by atomic mass is 35.5. The van der Waals surface area contributed by atoms with Crippen molar-refractivity contribution in [2.24, 2.45) is 0 Å². The number of aryl methyl sites for hydroxylation is 1. The lowest BCUT2D eigenvalue weighted by atomic mass is 10.0.